The minimum Gasteiger partial charge on any atom is -0.365 e. The number of thiophene rings is 1. The molecule has 3 rings (SSSR count). The number of fused-ring (bicyclic) bond motifs is 1. The van der Waals surface area contributed by atoms with E-state index >= 15 is 0 Å². The van der Waals surface area contributed by atoms with Crippen LogP contribution in [0.5, 0.6) is 0 Å². The topological polar surface area (TPSA) is 20.7 Å². The summed E-state index contributed by atoms with van der Waals surface area (Å²) in [5.41, 5.74) is 3.73. The van der Waals surface area contributed by atoms with Crippen molar-refractivity contribution < 1.29 is 0 Å². The van der Waals surface area contributed by atoms with Crippen molar-refractivity contribution in [1.82, 2.24) is 9.55 Å². The lowest BCUT2D eigenvalue weighted by Crippen LogP contribution is -2.02. The van der Waals surface area contributed by atoms with Crippen molar-refractivity contribution in [2.75, 3.05) is 0 Å². The summed E-state index contributed by atoms with van der Waals surface area (Å²) in [6.07, 6.45) is 8.30. The van der Waals surface area contributed by atoms with Crippen molar-refractivity contribution in [2.45, 2.75) is 13.0 Å². The summed E-state index contributed by atoms with van der Waals surface area (Å²) in [5.74, 6) is 2.73. The van der Waals surface area contributed by atoms with Crippen molar-refractivity contribution in [3.63, 3.8) is 0 Å². The maximum absolute atomic E-state index is 5.45. The zero-order valence-electron chi connectivity index (χ0n) is 9.31. The quantitative estimate of drug-likeness (QED) is 0.678. The predicted octanol–water partition coefficient (Wildman–Crippen LogP) is 3.25. The van der Waals surface area contributed by atoms with Crippen LogP contribution in [0.2, 0.25) is 0 Å². The summed E-state index contributed by atoms with van der Waals surface area (Å²) >= 11 is 1.76. The van der Waals surface area contributed by atoms with Crippen LogP contribution >= 0.6 is 11.3 Å². The summed E-state index contributed by atoms with van der Waals surface area (Å²) < 4.78 is 3.52. The van der Waals surface area contributed by atoms with Crippen molar-refractivity contribution in [1.29, 1.82) is 0 Å². The van der Waals surface area contributed by atoms with Gasteiger partial charge >= 0.3 is 0 Å². The van der Waals surface area contributed by atoms with E-state index in [1.807, 2.05) is 12.3 Å². The Morgan fingerprint density at radius 1 is 1.41 bits per heavy atom. The fourth-order valence-electron chi connectivity index (χ4n) is 2.13. The molecule has 0 fully saturated rings. The van der Waals surface area contributed by atoms with E-state index in [1.165, 1.54) is 21.6 Å². The molecule has 0 saturated carbocycles. The van der Waals surface area contributed by atoms with E-state index in [9.17, 15) is 0 Å². The molecule has 17 heavy (non-hydrogen) atoms. The molecule has 0 saturated heterocycles. The zero-order chi connectivity index (χ0) is 11.7. The number of nitrogens with one attached hydrogen (secondary N) is 1. The standard InChI is InChI=1S/C14H12N2S/c1-2-7-16-12(9-11-4-3-6-15-11)10-14-13(16)5-8-17-14/h1,3-6,8,10,15H,7,9H2. The molecular weight excluding hydrogens is 228 g/mol. The molecule has 0 spiro atoms. The Bertz CT molecular complexity index is 665. The third kappa shape index (κ3) is 1.77. The summed E-state index contributed by atoms with van der Waals surface area (Å²) in [6, 6.07) is 8.49. The molecule has 3 heteroatoms. The van der Waals surface area contributed by atoms with E-state index in [-0.39, 0.29) is 0 Å². The van der Waals surface area contributed by atoms with Gasteiger partial charge in [0.15, 0.2) is 0 Å². The number of aromatic nitrogens is 2. The Hall–Kier alpha value is -1.92. The first kappa shape index (κ1) is 10.2. The molecule has 0 aliphatic carbocycles. The highest BCUT2D eigenvalue weighted by Crippen LogP contribution is 2.26. The summed E-state index contributed by atoms with van der Waals surface area (Å²) in [6.45, 7) is 0.635. The van der Waals surface area contributed by atoms with Gasteiger partial charge in [0.2, 0.25) is 0 Å². The van der Waals surface area contributed by atoms with Crippen LogP contribution in [0.4, 0.5) is 0 Å². The molecule has 0 aromatic carbocycles. The molecule has 0 atom stereocenters. The second-order valence-electron chi connectivity index (χ2n) is 3.97. The van der Waals surface area contributed by atoms with E-state index in [1.54, 1.807) is 11.3 Å². The molecule has 0 amide bonds. The number of hydrogen-bond donors (Lipinski definition) is 1. The summed E-state index contributed by atoms with van der Waals surface area (Å²) in [4.78, 5) is 3.23. The SMILES string of the molecule is C#CCn1c(Cc2ccc[nH]2)cc2sccc21. The minimum absolute atomic E-state index is 0.635. The highest BCUT2D eigenvalue weighted by Gasteiger charge is 2.09. The molecule has 0 radical (unpaired) electrons. The average molecular weight is 240 g/mol. The molecule has 3 aromatic heterocycles. The number of nitrogens with zero attached hydrogens (tertiary/aromatic N) is 1. The molecule has 0 aliphatic rings. The third-order valence-electron chi connectivity index (χ3n) is 2.89. The smallest absolute Gasteiger partial charge is 0.0838 e. The van der Waals surface area contributed by atoms with Gasteiger partial charge < -0.3 is 9.55 Å². The Balaban J connectivity index is 2.05. The van der Waals surface area contributed by atoms with Crippen LogP contribution in [0.15, 0.2) is 35.8 Å². The largest absolute Gasteiger partial charge is 0.365 e. The first-order valence-corrected chi connectivity index (χ1v) is 6.38. The first-order valence-electron chi connectivity index (χ1n) is 5.50. The van der Waals surface area contributed by atoms with Gasteiger partial charge in [-0.05, 0) is 29.6 Å². The number of hydrogen-bond acceptors (Lipinski definition) is 1. The van der Waals surface area contributed by atoms with Crippen LogP contribution in [0.3, 0.4) is 0 Å². The van der Waals surface area contributed by atoms with Crippen LogP contribution in [-0.2, 0) is 13.0 Å². The van der Waals surface area contributed by atoms with E-state index in [0.29, 0.717) is 6.54 Å². The third-order valence-corrected chi connectivity index (χ3v) is 3.74. The van der Waals surface area contributed by atoms with Gasteiger partial charge in [-0.15, -0.1) is 17.8 Å². The monoisotopic (exact) mass is 240 g/mol. The summed E-state index contributed by atoms with van der Waals surface area (Å²) in [7, 11) is 0. The molecule has 1 N–H and O–H groups in total. The van der Waals surface area contributed by atoms with Gasteiger partial charge in [0.05, 0.1) is 16.8 Å². The van der Waals surface area contributed by atoms with Gasteiger partial charge in [-0.2, -0.15) is 0 Å². The van der Waals surface area contributed by atoms with Gasteiger partial charge in [-0.3, -0.25) is 0 Å². The molecule has 3 heterocycles. The maximum Gasteiger partial charge on any atom is 0.0838 e. The molecule has 0 bridgehead atoms. The van der Waals surface area contributed by atoms with E-state index in [4.69, 9.17) is 6.42 Å². The van der Waals surface area contributed by atoms with Crippen molar-refractivity contribution in [3.05, 3.63) is 47.2 Å². The second-order valence-corrected chi connectivity index (χ2v) is 4.92. The Kier molecular flexibility index (Phi) is 2.50. The Morgan fingerprint density at radius 3 is 3.12 bits per heavy atom. The lowest BCUT2D eigenvalue weighted by Gasteiger charge is -2.05. The molecule has 3 aromatic rings. The Labute approximate surface area is 104 Å². The number of H-pyrrole nitrogens is 1. The zero-order valence-corrected chi connectivity index (χ0v) is 10.1. The lowest BCUT2D eigenvalue weighted by molar-refractivity contribution is 0.816. The van der Waals surface area contributed by atoms with Crippen LogP contribution in [0.1, 0.15) is 11.4 Å². The number of aromatic amines is 1. The number of terminal acetylenes is 1. The molecule has 0 aliphatic heterocycles. The highest BCUT2D eigenvalue weighted by molar-refractivity contribution is 7.17. The highest BCUT2D eigenvalue weighted by atomic mass is 32.1. The van der Waals surface area contributed by atoms with Crippen molar-refractivity contribution in [2.24, 2.45) is 0 Å². The van der Waals surface area contributed by atoms with E-state index in [2.05, 4.69) is 39.1 Å². The first-order chi connectivity index (χ1) is 8.38. The normalized spacial score (nSPS) is 10.8. The summed E-state index contributed by atoms with van der Waals surface area (Å²) in [5, 5.41) is 2.11. The Morgan fingerprint density at radius 2 is 2.35 bits per heavy atom. The fourth-order valence-corrected chi connectivity index (χ4v) is 2.97. The number of rotatable bonds is 3. The van der Waals surface area contributed by atoms with Gasteiger partial charge in [-0.1, -0.05) is 5.92 Å². The van der Waals surface area contributed by atoms with Crippen molar-refractivity contribution in [3.8, 4) is 12.3 Å². The van der Waals surface area contributed by atoms with Gasteiger partial charge in [0.25, 0.3) is 0 Å². The van der Waals surface area contributed by atoms with E-state index in [0.717, 1.165) is 6.42 Å². The second kappa shape index (κ2) is 4.15. The molecule has 84 valence electrons. The van der Waals surface area contributed by atoms with Crippen LogP contribution < -0.4 is 0 Å². The van der Waals surface area contributed by atoms with Crippen LogP contribution in [-0.4, -0.2) is 9.55 Å². The van der Waals surface area contributed by atoms with Crippen LogP contribution in [0.25, 0.3) is 10.2 Å². The average Bonchev–Trinajstić information content (AvgIpc) is 2.99. The minimum atomic E-state index is 0.635. The van der Waals surface area contributed by atoms with E-state index < -0.39 is 0 Å². The predicted molar refractivity (Wildman–Crippen MR) is 72.2 cm³/mol. The lowest BCUT2D eigenvalue weighted by atomic mass is 10.2. The van der Waals surface area contributed by atoms with Gasteiger partial charge in [-0.25, -0.2) is 0 Å². The van der Waals surface area contributed by atoms with Crippen molar-refractivity contribution >= 4 is 21.6 Å². The van der Waals surface area contributed by atoms with Gasteiger partial charge in [0.1, 0.15) is 0 Å². The van der Waals surface area contributed by atoms with Crippen LogP contribution in [0, 0.1) is 12.3 Å². The molecule has 2 nitrogen and oxygen atoms in total. The fraction of sp³-hybridized carbons (Fsp3) is 0.143. The van der Waals surface area contributed by atoms with Gasteiger partial charge in [0, 0.05) is 24.0 Å². The maximum atomic E-state index is 5.45. The molecular formula is C14H12N2S. The molecule has 0 unspecified atom stereocenters.